The molecule has 0 bridgehead atoms. The summed E-state index contributed by atoms with van der Waals surface area (Å²) in [5.74, 6) is 0.251. The minimum atomic E-state index is -0.275. The molecule has 3 heterocycles. The molecule has 1 amide bonds. The molecule has 0 saturated carbocycles. The van der Waals surface area contributed by atoms with Gasteiger partial charge in [-0.1, -0.05) is 25.1 Å². The van der Waals surface area contributed by atoms with Gasteiger partial charge in [-0.3, -0.25) is 4.79 Å². The van der Waals surface area contributed by atoms with E-state index in [1.807, 2.05) is 45.0 Å². The Labute approximate surface area is 179 Å². The number of para-hydroxylation sites is 1. The fourth-order valence-electron chi connectivity index (χ4n) is 3.25. The van der Waals surface area contributed by atoms with Crippen molar-refractivity contribution in [3.05, 3.63) is 65.9 Å². The van der Waals surface area contributed by atoms with Crippen LogP contribution in [-0.2, 0) is 0 Å². The van der Waals surface area contributed by atoms with Crippen LogP contribution in [0.15, 0.2) is 49.1 Å². The van der Waals surface area contributed by atoms with Gasteiger partial charge >= 0.3 is 0 Å². The number of carbonyl (C=O) groups is 1. The molecule has 0 aliphatic heterocycles. The van der Waals surface area contributed by atoms with Crippen molar-refractivity contribution in [1.82, 2.24) is 35.3 Å². The molecule has 1 atom stereocenters. The summed E-state index contributed by atoms with van der Waals surface area (Å²) in [4.78, 5) is 27.8. The van der Waals surface area contributed by atoms with Crippen molar-refractivity contribution < 1.29 is 4.79 Å². The highest BCUT2D eigenvalue weighted by atomic mass is 16.2. The minimum Gasteiger partial charge on any atom is -0.352 e. The zero-order chi connectivity index (χ0) is 21.8. The van der Waals surface area contributed by atoms with Crippen LogP contribution >= 0.6 is 0 Å². The van der Waals surface area contributed by atoms with Crippen LogP contribution in [-0.4, -0.2) is 48.4 Å². The number of hydrogen-bond donors (Lipinski definition) is 2. The third-order valence-corrected chi connectivity index (χ3v) is 5.22. The lowest BCUT2D eigenvalue weighted by Gasteiger charge is -2.19. The van der Waals surface area contributed by atoms with Crippen molar-refractivity contribution in [2.75, 3.05) is 11.9 Å². The molecule has 0 radical (unpaired) electrons. The first-order valence-corrected chi connectivity index (χ1v) is 10.2. The first kappa shape index (κ1) is 20.4. The summed E-state index contributed by atoms with van der Waals surface area (Å²) in [6.07, 6.45) is 7.36. The number of aromatic nitrogens is 6. The molecule has 0 fully saturated rings. The van der Waals surface area contributed by atoms with E-state index >= 15 is 0 Å². The van der Waals surface area contributed by atoms with E-state index in [-0.39, 0.29) is 11.9 Å². The maximum absolute atomic E-state index is 13.1. The fourth-order valence-corrected chi connectivity index (χ4v) is 3.25. The first-order valence-electron chi connectivity index (χ1n) is 10.2. The number of benzene rings is 1. The fraction of sp³-hybridized carbons (Fsp3) is 0.273. The van der Waals surface area contributed by atoms with Gasteiger partial charge in [-0.15, -0.1) is 4.80 Å². The van der Waals surface area contributed by atoms with Crippen LogP contribution < -0.4 is 10.6 Å². The molecule has 0 saturated heterocycles. The first-order chi connectivity index (χ1) is 15.1. The van der Waals surface area contributed by atoms with E-state index in [0.717, 1.165) is 28.5 Å². The maximum atomic E-state index is 13.1. The minimum absolute atomic E-state index is 0.135. The summed E-state index contributed by atoms with van der Waals surface area (Å²) in [5, 5.41) is 15.6. The van der Waals surface area contributed by atoms with Gasteiger partial charge in [0.2, 0.25) is 5.95 Å². The van der Waals surface area contributed by atoms with E-state index in [0.29, 0.717) is 23.9 Å². The Morgan fingerprint density at radius 1 is 1.10 bits per heavy atom. The van der Waals surface area contributed by atoms with E-state index in [9.17, 15) is 4.79 Å². The summed E-state index contributed by atoms with van der Waals surface area (Å²) >= 11 is 0. The molecule has 0 aliphatic rings. The Hall–Kier alpha value is -3.88. The lowest BCUT2D eigenvalue weighted by atomic mass is 10.1. The monoisotopic (exact) mass is 416 g/mol. The average Bonchev–Trinajstić information content (AvgIpc) is 3.32. The number of carbonyl (C=O) groups excluding carboxylic acids is 1. The summed E-state index contributed by atoms with van der Waals surface area (Å²) in [6.45, 7) is 6.38. The third kappa shape index (κ3) is 4.35. The van der Waals surface area contributed by atoms with Gasteiger partial charge in [0.15, 0.2) is 5.69 Å². The normalized spacial score (nSPS) is 12.0. The van der Waals surface area contributed by atoms with Gasteiger partial charge in [0.25, 0.3) is 5.91 Å². The number of aryl methyl sites for hydroxylation is 1. The van der Waals surface area contributed by atoms with Crippen molar-refractivity contribution in [2.24, 2.45) is 0 Å². The molecule has 2 N–H and O–H groups in total. The van der Waals surface area contributed by atoms with Crippen molar-refractivity contribution >= 4 is 22.8 Å². The van der Waals surface area contributed by atoms with Crippen LogP contribution in [0.3, 0.4) is 0 Å². The quantitative estimate of drug-likeness (QED) is 0.477. The highest BCUT2D eigenvalue weighted by Gasteiger charge is 2.21. The molecule has 9 heteroatoms. The van der Waals surface area contributed by atoms with E-state index < -0.39 is 0 Å². The molecule has 31 heavy (non-hydrogen) atoms. The number of hydrogen-bond acceptors (Lipinski definition) is 7. The van der Waals surface area contributed by atoms with Gasteiger partial charge in [0, 0.05) is 30.4 Å². The smallest absolute Gasteiger partial charge is 0.272 e. The molecule has 3 aromatic heterocycles. The topological polar surface area (TPSA) is 111 Å². The Morgan fingerprint density at radius 3 is 2.65 bits per heavy atom. The average molecular weight is 416 g/mol. The lowest BCUT2D eigenvalue weighted by molar-refractivity contribution is 0.0932. The number of rotatable bonds is 7. The highest BCUT2D eigenvalue weighted by molar-refractivity contribution is 5.96. The molecule has 0 spiro atoms. The standard InChI is InChI=1S/C22H24N8O/c1-4-17(13-25-22-24-12-16-7-5-6-8-18(16)29-22)28-21(31)19-20(30-26-9-10-27-30)15(3)14(2)11-23-19/h5-12,17H,4,13H2,1-3H3,(H,28,31)(H,24,25,29). The van der Waals surface area contributed by atoms with Crippen molar-refractivity contribution in [1.29, 1.82) is 0 Å². The van der Waals surface area contributed by atoms with E-state index in [1.165, 1.54) is 4.80 Å². The number of fused-ring (bicyclic) bond motifs is 1. The van der Waals surface area contributed by atoms with Crippen LogP contribution in [0, 0.1) is 13.8 Å². The van der Waals surface area contributed by atoms with Gasteiger partial charge < -0.3 is 10.6 Å². The molecule has 1 aromatic carbocycles. The zero-order valence-electron chi connectivity index (χ0n) is 17.7. The molecule has 4 rings (SSSR count). The molecule has 9 nitrogen and oxygen atoms in total. The number of anilines is 1. The number of pyridine rings is 1. The van der Waals surface area contributed by atoms with Crippen LogP contribution in [0.5, 0.6) is 0 Å². The maximum Gasteiger partial charge on any atom is 0.272 e. The van der Waals surface area contributed by atoms with Crippen LogP contribution in [0.4, 0.5) is 5.95 Å². The van der Waals surface area contributed by atoms with Gasteiger partial charge in [0.05, 0.1) is 17.9 Å². The summed E-state index contributed by atoms with van der Waals surface area (Å²) in [7, 11) is 0. The predicted octanol–water partition coefficient (Wildman–Crippen LogP) is 2.84. The Balaban J connectivity index is 1.50. The lowest BCUT2D eigenvalue weighted by Crippen LogP contribution is -2.40. The summed E-state index contributed by atoms with van der Waals surface area (Å²) in [5.41, 5.74) is 3.62. The molecule has 0 aliphatic carbocycles. The SMILES string of the molecule is CCC(CNc1ncc2ccccc2n1)NC(=O)c1ncc(C)c(C)c1-n1nccn1. The van der Waals surface area contributed by atoms with Gasteiger partial charge in [-0.05, 0) is 37.5 Å². The van der Waals surface area contributed by atoms with Crippen molar-refractivity contribution in [3.63, 3.8) is 0 Å². The van der Waals surface area contributed by atoms with Crippen molar-refractivity contribution in [3.8, 4) is 5.69 Å². The molecular weight excluding hydrogens is 392 g/mol. The second kappa shape index (κ2) is 8.86. The second-order valence-electron chi connectivity index (χ2n) is 7.29. The van der Waals surface area contributed by atoms with E-state index in [1.54, 1.807) is 24.8 Å². The van der Waals surface area contributed by atoms with Gasteiger partial charge in [0.1, 0.15) is 5.69 Å². The van der Waals surface area contributed by atoms with Crippen LogP contribution in [0.2, 0.25) is 0 Å². The Morgan fingerprint density at radius 2 is 1.87 bits per heavy atom. The summed E-state index contributed by atoms with van der Waals surface area (Å²) < 4.78 is 0. The molecule has 4 aromatic rings. The Bertz CT molecular complexity index is 1210. The second-order valence-corrected chi connectivity index (χ2v) is 7.29. The van der Waals surface area contributed by atoms with Crippen LogP contribution in [0.1, 0.15) is 35.0 Å². The highest BCUT2D eigenvalue weighted by Crippen LogP contribution is 2.19. The number of amides is 1. The predicted molar refractivity (Wildman–Crippen MR) is 118 cm³/mol. The van der Waals surface area contributed by atoms with Gasteiger partial charge in [-0.2, -0.15) is 10.2 Å². The van der Waals surface area contributed by atoms with Crippen molar-refractivity contribution in [2.45, 2.75) is 33.2 Å². The largest absolute Gasteiger partial charge is 0.352 e. The Kier molecular flexibility index (Phi) is 5.83. The molecular formula is C22H24N8O. The van der Waals surface area contributed by atoms with Gasteiger partial charge in [-0.25, -0.2) is 15.0 Å². The van der Waals surface area contributed by atoms with Crippen LogP contribution in [0.25, 0.3) is 16.6 Å². The van der Waals surface area contributed by atoms with E-state index in [2.05, 4.69) is 35.8 Å². The molecule has 1 unspecified atom stereocenters. The van der Waals surface area contributed by atoms with E-state index in [4.69, 9.17) is 0 Å². The number of nitrogens with zero attached hydrogens (tertiary/aromatic N) is 6. The third-order valence-electron chi connectivity index (χ3n) is 5.22. The number of nitrogens with one attached hydrogen (secondary N) is 2. The summed E-state index contributed by atoms with van der Waals surface area (Å²) in [6, 6.07) is 7.67. The zero-order valence-corrected chi connectivity index (χ0v) is 17.7. The molecule has 158 valence electrons.